The van der Waals surface area contributed by atoms with Crippen LogP contribution in [0.1, 0.15) is 0 Å². The summed E-state index contributed by atoms with van der Waals surface area (Å²) in [5, 5.41) is 0. The fourth-order valence-corrected chi connectivity index (χ4v) is 1.56. The largest absolute Gasteiger partial charge is 0.487 e. The van der Waals surface area contributed by atoms with E-state index in [4.69, 9.17) is 4.74 Å². The number of hydrogen-bond donors (Lipinski definition) is 0. The lowest BCUT2D eigenvalue weighted by molar-refractivity contribution is -0.153. The summed E-state index contributed by atoms with van der Waals surface area (Å²) < 4.78 is 71.7. The third-order valence-corrected chi connectivity index (χ3v) is 2.47. The van der Waals surface area contributed by atoms with Crippen molar-refractivity contribution in [2.45, 2.75) is 6.18 Å². The highest BCUT2D eigenvalue weighted by Gasteiger charge is 2.28. The molecule has 1 aromatic carbocycles. The van der Waals surface area contributed by atoms with E-state index in [0.29, 0.717) is 0 Å². The maximum Gasteiger partial charge on any atom is 0.422 e. The Morgan fingerprint density at radius 3 is 1.95 bits per heavy atom. The van der Waals surface area contributed by atoms with Gasteiger partial charge in [-0.1, -0.05) is 12.1 Å². The first-order chi connectivity index (χ1) is 9.17. The lowest BCUT2D eigenvalue weighted by Gasteiger charge is -2.13. The molecule has 0 saturated heterocycles. The molecule has 0 aliphatic heterocycles. The lowest BCUT2D eigenvalue weighted by atomic mass is 10.3. The van der Waals surface area contributed by atoms with Crippen molar-refractivity contribution in [1.29, 1.82) is 0 Å². The second kappa shape index (κ2) is 9.98. The molecule has 0 unspecified atom stereocenters. The summed E-state index contributed by atoms with van der Waals surface area (Å²) in [5.74, 6) is -0.00182. The van der Waals surface area contributed by atoms with Gasteiger partial charge in [0.05, 0.1) is 6.26 Å². The molecule has 1 aromatic rings. The SMILES string of the molecule is CS(=O)(=O)OCCOc1ccccc1OCC(F)(F)F.Cl.Cl. The number of benzene rings is 1. The number of para-hydroxylation sites is 2. The molecule has 22 heavy (non-hydrogen) atoms. The summed E-state index contributed by atoms with van der Waals surface area (Å²) in [7, 11) is -3.58. The Morgan fingerprint density at radius 1 is 1.00 bits per heavy atom. The standard InChI is InChI=1S/C11H13F3O5S.2ClH/c1-20(15,16)19-7-6-17-9-4-2-3-5-10(9)18-8-11(12,13)14;;/h2-5H,6-8H2,1H3;2*1H. The zero-order valence-corrected chi connectivity index (χ0v) is 13.8. The van der Waals surface area contributed by atoms with Gasteiger partial charge in [0.15, 0.2) is 18.1 Å². The topological polar surface area (TPSA) is 61.8 Å². The summed E-state index contributed by atoms with van der Waals surface area (Å²) in [6.45, 7) is -1.82. The minimum Gasteiger partial charge on any atom is -0.487 e. The molecule has 0 radical (unpaired) electrons. The van der Waals surface area contributed by atoms with Crippen molar-refractivity contribution in [1.82, 2.24) is 0 Å². The molecule has 0 atom stereocenters. The molecule has 0 aliphatic carbocycles. The molecule has 0 N–H and O–H groups in total. The number of alkyl halides is 3. The summed E-state index contributed by atoms with van der Waals surface area (Å²) in [4.78, 5) is 0. The van der Waals surface area contributed by atoms with Gasteiger partial charge in [0.25, 0.3) is 10.1 Å². The van der Waals surface area contributed by atoms with Gasteiger partial charge in [-0.2, -0.15) is 21.6 Å². The lowest BCUT2D eigenvalue weighted by Crippen LogP contribution is -2.19. The van der Waals surface area contributed by atoms with Gasteiger partial charge in [0, 0.05) is 0 Å². The normalized spacial score (nSPS) is 11.1. The molecule has 0 amide bonds. The van der Waals surface area contributed by atoms with Crippen LogP contribution in [0.4, 0.5) is 13.2 Å². The number of ether oxygens (including phenoxy) is 2. The van der Waals surface area contributed by atoms with Crippen molar-refractivity contribution in [3.8, 4) is 11.5 Å². The van der Waals surface area contributed by atoms with Crippen LogP contribution >= 0.6 is 24.8 Å². The molecular formula is C11H15Cl2F3O5S. The van der Waals surface area contributed by atoms with Gasteiger partial charge in [-0.05, 0) is 12.1 Å². The monoisotopic (exact) mass is 386 g/mol. The van der Waals surface area contributed by atoms with Gasteiger partial charge >= 0.3 is 6.18 Å². The molecule has 130 valence electrons. The van der Waals surface area contributed by atoms with E-state index in [-0.39, 0.29) is 49.5 Å². The summed E-state index contributed by atoms with van der Waals surface area (Å²) in [5.41, 5.74) is 0. The van der Waals surface area contributed by atoms with Gasteiger partial charge in [-0.25, -0.2) is 0 Å². The van der Waals surface area contributed by atoms with Crippen LogP contribution in [0.2, 0.25) is 0 Å². The van der Waals surface area contributed by atoms with Crippen LogP contribution in [-0.2, 0) is 14.3 Å². The highest BCUT2D eigenvalue weighted by Crippen LogP contribution is 2.28. The average molecular weight is 387 g/mol. The zero-order valence-electron chi connectivity index (χ0n) is 11.3. The van der Waals surface area contributed by atoms with Crippen LogP contribution in [0.25, 0.3) is 0 Å². The van der Waals surface area contributed by atoms with E-state index in [2.05, 4.69) is 8.92 Å². The van der Waals surface area contributed by atoms with Crippen LogP contribution in [0.15, 0.2) is 24.3 Å². The van der Waals surface area contributed by atoms with Crippen molar-refractivity contribution < 1.29 is 35.2 Å². The van der Waals surface area contributed by atoms with E-state index >= 15 is 0 Å². The first-order valence-electron chi connectivity index (χ1n) is 5.43. The van der Waals surface area contributed by atoms with Crippen molar-refractivity contribution in [3.05, 3.63) is 24.3 Å². The molecule has 0 fully saturated rings. The van der Waals surface area contributed by atoms with Crippen LogP contribution < -0.4 is 9.47 Å². The van der Waals surface area contributed by atoms with Crippen LogP contribution in [0.3, 0.4) is 0 Å². The average Bonchev–Trinajstić information content (AvgIpc) is 2.31. The summed E-state index contributed by atoms with van der Waals surface area (Å²) >= 11 is 0. The quantitative estimate of drug-likeness (QED) is 0.532. The highest BCUT2D eigenvalue weighted by atomic mass is 35.5. The van der Waals surface area contributed by atoms with E-state index in [1.165, 1.54) is 18.2 Å². The van der Waals surface area contributed by atoms with Gasteiger partial charge in [0.1, 0.15) is 13.2 Å². The van der Waals surface area contributed by atoms with Crippen molar-refractivity contribution in [3.63, 3.8) is 0 Å². The molecule has 1 rings (SSSR count). The Hall–Kier alpha value is -0.900. The second-order valence-electron chi connectivity index (χ2n) is 3.73. The van der Waals surface area contributed by atoms with E-state index in [1.54, 1.807) is 6.07 Å². The molecule has 0 aliphatic rings. The molecule has 0 saturated carbocycles. The number of hydrogen-bond acceptors (Lipinski definition) is 5. The molecule has 11 heteroatoms. The zero-order chi connectivity index (χ0) is 15.2. The molecule has 0 heterocycles. The van der Waals surface area contributed by atoms with E-state index in [1.807, 2.05) is 0 Å². The Labute approximate surface area is 138 Å². The van der Waals surface area contributed by atoms with Gasteiger partial charge < -0.3 is 9.47 Å². The fraction of sp³-hybridized carbons (Fsp3) is 0.455. The highest BCUT2D eigenvalue weighted by molar-refractivity contribution is 7.85. The van der Waals surface area contributed by atoms with Gasteiger partial charge in [-0.15, -0.1) is 24.8 Å². The maximum atomic E-state index is 12.1. The Morgan fingerprint density at radius 2 is 1.50 bits per heavy atom. The minimum absolute atomic E-state index is 0. The molecule has 0 bridgehead atoms. The summed E-state index contributed by atoms with van der Waals surface area (Å²) in [6, 6.07) is 5.77. The van der Waals surface area contributed by atoms with E-state index in [0.717, 1.165) is 6.26 Å². The third kappa shape index (κ3) is 10.8. The first-order valence-corrected chi connectivity index (χ1v) is 7.25. The van der Waals surface area contributed by atoms with Gasteiger partial charge in [0.2, 0.25) is 0 Å². The first kappa shape index (κ1) is 23.4. The summed E-state index contributed by atoms with van der Waals surface area (Å²) in [6.07, 6.45) is -3.57. The second-order valence-corrected chi connectivity index (χ2v) is 5.37. The van der Waals surface area contributed by atoms with Crippen molar-refractivity contribution in [2.75, 3.05) is 26.1 Å². The Bertz CT molecular complexity index is 537. The van der Waals surface area contributed by atoms with Gasteiger partial charge in [-0.3, -0.25) is 4.18 Å². The van der Waals surface area contributed by atoms with E-state index in [9.17, 15) is 21.6 Å². The molecular weight excluding hydrogens is 372 g/mol. The van der Waals surface area contributed by atoms with Crippen molar-refractivity contribution in [2.24, 2.45) is 0 Å². The fourth-order valence-electron chi connectivity index (χ4n) is 1.19. The van der Waals surface area contributed by atoms with Crippen LogP contribution in [0.5, 0.6) is 11.5 Å². The van der Waals surface area contributed by atoms with E-state index < -0.39 is 22.9 Å². The van der Waals surface area contributed by atoms with Crippen molar-refractivity contribution >= 4 is 34.9 Å². The number of halogens is 5. The van der Waals surface area contributed by atoms with Crippen LogP contribution in [0, 0.1) is 0 Å². The Balaban J connectivity index is 0. The van der Waals surface area contributed by atoms with Crippen LogP contribution in [-0.4, -0.2) is 40.7 Å². The number of rotatable bonds is 7. The Kier molecular flexibility index (Phi) is 10.6. The molecule has 0 spiro atoms. The maximum absolute atomic E-state index is 12.1. The smallest absolute Gasteiger partial charge is 0.422 e. The molecule has 0 aromatic heterocycles. The minimum atomic E-state index is -4.45. The predicted molar refractivity (Wildman–Crippen MR) is 78.8 cm³/mol. The third-order valence-electron chi connectivity index (χ3n) is 1.88. The molecule has 5 nitrogen and oxygen atoms in total. The predicted octanol–water partition coefficient (Wildman–Crippen LogP) is 2.83.